The summed E-state index contributed by atoms with van der Waals surface area (Å²) in [5.74, 6) is 0.493. The summed E-state index contributed by atoms with van der Waals surface area (Å²) in [6.07, 6.45) is 2.32. The molecule has 1 atom stereocenters. The number of rotatable bonds is 13. The van der Waals surface area contributed by atoms with Crippen molar-refractivity contribution in [2.45, 2.75) is 51.4 Å². The molecule has 0 bridgehead atoms. The molecule has 0 unspecified atom stereocenters. The van der Waals surface area contributed by atoms with Crippen molar-refractivity contribution in [3.05, 3.63) is 105 Å². The van der Waals surface area contributed by atoms with Gasteiger partial charge in [0.05, 0.1) is 5.75 Å². The lowest BCUT2D eigenvalue weighted by Crippen LogP contribution is -2.51. The third kappa shape index (κ3) is 9.10. The van der Waals surface area contributed by atoms with Crippen LogP contribution in [0, 0.1) is 6.92 Å². The summed E-state index contributed by atoms with van der Waals surface area (Å²) < 4.78 is 0. The minimum atomic E-state index is -0.627. The van der Waals surface area contributed by atoms with E-state index in [9.17, 15) is 9.59 Å². The molecule has 3 aromatic rings. The number of thioether (sulfide) groups is 1. The fourth-order valence-electron chi connectivity index (χ4n) is 3.94. The van der Waals surface area contributed by atoms with E-state index in [0.717, 1.165) is 35.1 Å². The SMILES string of the molecule is CCCCNC(=O)[C@H](Cc1ccccc1)N(Cc1ccc(C)cc1)C(=O)CSCc1c(Cl)cccc1Cl. The van der Waals surface area contributed by atoms with Gasteiger partial charge in [0.15, 0.2) is 0 Å². The Hall–Kier alpha value is -2.47. The number of amides is 2. The zero-order chi connectivity index (χ0) is 26.6. The van der Waals surface area contributed by atoms with Gasteiger partial charge in [0.1, 0.15) is 6.04 Å². The molecule has 37 heavy (non-hydrogen) atoms. The van der Waals surface area contributed by atoms with E-state index in [4.69, 9.17) is 23.2 Å². The molecular weight excluding hydrogens is 523 g/mol. The van der Waals surface area contributed by atoms with Gasteiger partial charge in [0.25, 0.3) is 0 Å². The fraction of sp³-hybridized carbons (Fsp3) is 0.333. The quantitative estimate of drug-likeness (QED) is 0.228. The topological polar surface area (TPSA) is 49.4 Å². The summed E-state index contributed by atoms with van der Waals surface area (Å²) in [6, 6.07) is 22.7. The van der Waals surface area contributed by atoms with Crippen molar-refractivity contribution in [2.75, 3.05) is 12.3 Å². The maximum atomic E-state index is 13.7. The van der Waals surface area contributed by atoms with Gasteiger partial charge in [-0.2, -0.15) is 0 Å². The normalized spacial score (nSPS) is 11.7. The molecule has 0 aliphatic carbocycles. The van der Waals surface area contributed by atoms with Crippen molar-refractivity contribution in [2.24, 2.45) is 0 Å². The van der Waals surface area contributed by atoms with Crippen LogP contribution in [0.2, 0.25) is 10.0 Å². The maximum Gasteiger partial charge on any atom is 0.243 e. The smallest absolute Gasteiger partial charge is 0.243 e. The number of aryl methyl sites for hydroxylation is 1. The highest BCUT2D eigenvalue weighted by Crippen LogP contribution is 2.28. The van der Waals surface area contributed by atoms with E-state index in [1.54, 1.807) is 23.1 Å². The van der Waals surface area contributed by atoms with Crippen molar-refractivity contribution in [3.63, 3.8) is 0 Å². The first-order valence-corrected chi connectivity index (χ1v) is 14.5. The number of benzene rings is 3. The Morgan fingerprint density at radius 3 is 2.24 bits per heavy atom. The molecule has 0 radical (unpaired) electrons. The molecule has 196 valence electrons. The molecule has 1 N–H and O–H groups in total. The van der Waals surface area contributed by atoms with Gasteiger partial charge < -0.3 is 10.2 Å². The van der Waals surface area contributed by atoms with Crippen LogP contribution in [0.1, 0.15) is 42.0 Å². The summed E-state index contributed by atoms with van der Waals surface area (Å²) in [6.45, 7) is 5.06. The van der Waals surface area contributed by atoms with E-state index in [-0.39, 0.29) is 17.6 Å². The Labute approximate surface area is 234 Å². The minimum absolute atomic E-state index is 0.0969. The first-order chi connectivity index (χ1) is 17.9. The number of nitrogens with one attached hydrogen (secondary N) is 1. The van der Waals surface area contributed by atoms with Gasteiger partial charge in [-0.05, 0) is 42.2 Å². The van der Waals surface area contributed by atoms with Crippen LogP contribution in [0.4, 0.5) is 0 Å². The average Bonchev–Trinajstić information content (AvgIpc) is 2.89. The molecule has 3 rings (SSSR count). The van der Waals surface area contributed by atoms with Gasteiger partial charge in [-0.3, -0.25) is 9.59 Å². The van der Waals surface area contributed by atoms with Crippen LogP contribution in [0.15, 0.2) is 72.8 Å². The first kappa shape index (κ1) is 29.1. The largest absolute Gasteiger partial charge is 0.354 e. The fourth-order valence-corrected chi connectivity index (χ4v) is 5.59. The summed E-state index contributed by atoms with van der Waals surface area (Å²) in [5.41, 5.74) is 3.95. The van der Waals surface area contributed by atoms with Crippen LogP contribution >= 0.6 is 35.0 Å². The third-order valence-corrected chi connectivity index (χ3v) is 7.76. The number of carbonyl (C=O) groups excluding carboxylic acids is 2. The molecule has 0 heterocycles. The predicted octanol–water partition coefficient (Wildman–Crippen LogP) is 7.09. The van der Waals surface area contributed by atoms with E-state index in [1.807, 2.05) is 61.5 Å². The molecule has 0 saturated carbocycles. The highest BCUT2D eigenvalue weighted by atomic mass is 35.5. The first-order valence-electron chi connectivity index (χ1n) is 12.6. The summed E-state index contributed by atoms with van der Waals surface area (Å²) in [4.78, 5) is 28.9. The second kappa shape index (κ2) is 15.1. The van der Waals surface area contributed by atoms with Crippen molar-refractivity contribution < 1.29 is 9.59 Å². The molecule has 0 aromatic heterocycles. The van der Waals surface area contributed by atoms with Crippen LogP contribution in [0.3, 0.4) is 0 Å². The second-order valence-electron chi connectivity index (χ2n) is 9.05. The zero-order valence-corrected chi connectivity index (χ0v) is 23.7. The van der Waals surface area contributed by atoms with Crippen LogP contribution in [-0.2, 0) is 28.3 Å². The van der Waals surface area contributed by atoms with Gasteiger partial charge in [-0.1, -0.05) is 103 Å². The number of nitrogens with zero attached hydrogens (tertiary/aromatic N) is 1. The maximum absolute atomic E-state index is 13.7. The molecule has 3 aromatic carbocycles. The van der Waals surface area contributed by atoms with Gasteiger partial charge in [0.2, 0.25) is 11.8 Å². The van der Waals surface area contributed by atoms with Crippen molar-refractivity contribution in [1.82, 2.24) is 10.2 Å². The molecule has 0 saturated heterocycles. The highest BCUT2D eigenvalue weighted by Gasteiger charge is 2.30. The van der Waals surface area contributed by atoms with E-state index in [0.29, 0.717) is 35.3 Å². The second-order valence-corrected chi connectivity index (χ2v) is 10.9. The molecule has 0 spiro atoms. The number of carbonyl (C=O) groups is 2. The Kier molecular flexibility index (Phi) is 11.8. The lowest BCUT2D eigenvalue weighted by molar-refractivity contribution is -0.139. The molecule has 0 fully saturated rings. The third-order valence-electron chi connectivity index (χ3n) is 6.11. The van der Waals surface area contributed by atoms with Gasteiger partial charge in [0, 0.05) is 35.3 Å². The van der Waals surface area contributed by atoms with E-state index in [1.165, 1.54) is 11.8 Å². The van der Waals surface area contributed by atoms with Crippen LogP contribution in [0.25, 0.3) is 0 Å². The molecule has 2 amide bonds. The Balaban J connectivity index is 1.84. The Bertz CT molecular complexity index is 1140. The predicted molar refractivity (Wildman–Crippen MR) is 156 cm³/mol. The lowest BCUT2D eigenvalue weighted by atomic mass is 10.0. The molecule has 4 nitrogen and oxygen atoms in total. The van der Waals surface area contributed by atoms with Crippen molar-refractivity contribution in [1.29, 1.82) is 0 Å². The highest BCUT2D eigenvalue weighted by molar-refractivity contribution is 7.99. The Morgan fingerprint density at radius 2 is 1.59 bits per heavy atom. The Morgan fingerprint density at radius 1 is 0.919 bits per heavy atom. The lowest BCUT2D eigenvalue weighted by Gasteiger charge is -2.31. The van der Waals surface area contributed by atoms with E-state index < -0.39 is 6.04 Å². The number of hydrogen-bond donors (Lipinski definition) is 1. The van der Waals surface area contributed by atoms with Gasteiger partial charge >= 0.3 is 0 Å². The average molecular weight is 558 g/mol. The molecule has 7 heteroatoms. The monoisotopic (exact) mass is 556 g/mol. The molecule has 0 aliphatic heterocycles. The molecule has 0 aliphatic rings. The van der Waals surface area contributed by atoms with Gasteiger partial charge in [-0.15, -0.1) is 11.8 Å². The van der Waals surface area contributed by atoms with Crippen LogP contribution in [-0.4, -0.2) is 35.1 Å². The van der Waals surface area contributed by atoms with Crippen LogP contribution < -0.4 is 5.32 Å². The molecular formula is C30H34Cl2N2O2S. The summed E-state index contributed by atoms with van der Waals surface area (Å²) >= 11 is 14.1. The minimum Gasteiger partial charge on any atom is -0.354 e. The van der Waals surface area contributed by atoms with Crippen molar-refractivity contribution >= 4 is 46.8 Å². The number of hydrogen-bond acceptors (Lipinski definition) is 3. The number of unbranched alkanes of at least 4 members (excludes halogenated alkanes) is 1. The van der Waals surface area contributed by atoms with E-state index in [2.05, 4.69) is 12.2 Å². The summed E-state index contributed by atoms with van der Waals surface area (Å²) in [5, 5.41) is 4.23. The number of halogens is 2. The van der Waals surface area contributed by atoms with Crippen molar-refractivity contribution in [3.8, 4) is 0 Å². The van der Waals surface area contributed by atoms with Gasteiger partial charge in [-0.25, -0.2) is 0 Å². The van der Waals surface area contributed by atoms with Crippen LogP contribution in [0.5, 0.6) is 0 Å². The van der Waals surface area contributed by atoms with E-state index >= 15 is 0 Å². The standard InChI is InChI=1S/C30H34Cl2N2O2S/c1-3-4-17-33-30(36)28(18-23-9-6-5-7-10-23)34(19-24-15-13-22(2)14-16-24)29(35)21-37-20-25-26(31)11-8-12-27(25)32/h5-16,28H,3-4,17-21H2,1-2H3,(H,33,36)/t28-/m0/s1. The summed E-state index contributed by atoms with van der Waals surface area (Å²) in [7, 11) is 0. The zero-order valence-electron chi connectivity index (χ0n) is 21.4.